The van der Waals surface area contributed by atoms with Crippen molar-refractivity contribution >= 4 is 11.0 Å². The molecular weight excluding hydrogens is 322 g/mol. The largest absolute Gasteiger partial charge is 0.464 e. The summed E-state index contributed by atoms with van der Waals surface area (Å²) in [5.41, 5.74) is -2.34. The van der Waals surface area contributed by atoms with Crippen molar-refractivity contribution in [2.45, 2.75) is 12.4 Å². The van der Waals surface area contributed by atoms with Crippen LogP contribution in [-0.2, 0) is 12.4 Å². The van der Waals surface area contributed by atoms with Gasteiger partial charge in [0.25, 0.3) is 0 Å². The van der Waals surface area contributed by atoms with Gasteiger partial charge in [-0.05, 0) is 29.8 Å². The fourth-order valence-corrected chi connectivity index (χ4v) is 2.31. The minimum absolute atomic E-state index is 0.103. The van der Waals surface area contributed by atoms with Crippen LogP contribution in [0.2, 0.25) is 0 Å². The molecule has 0 aliphatic rings. The highest BCUT2D eigenvalue weighted by Gasteiger charge is 2.37. The van der Waals surface area contributed by atoms with E-state index in [-0.39, 0.29) is 17.2 Å². The van der Waals surface area contributed by atoms with Gasteiger partial charge in [-0.15, -0.1) is 0 Å². The number of alkyl halides is 6. The van der Waals surface area contributed by atoms with Crippen molar-refractivity contribution in [3.63, 3.8) is 0 Å². The van der Waals surface area contributed by atoms with Crippen molar-refractivity contribution in [3.8, 4) is 11.1 Å². The van der Waals surface area contributed by atoms with Gasteiger partial charge in [0.05, 0.1) is 17.4 Å². The van der Waals surface area contributed by atoms with E-state index in [1.54, 1.807) is 24.3 Å². The zero-order valence-electron chi connectivity index (χ0n) is 11.3. The molecule has 0 unspecified atom stereocenters. The summed E-state index contributed by atoms with van der Waals surface area (Å²) < 4.78 is 82.6. The summed E-state index contributed by atoms with van der Waals surface area (Å²) in [4.78, 5) is 0. The van der Waals surface area contributed by atoms with E-state index in [2.05, 4.69) is 0 Å². The van der Waals surface area contributed by atoms with Gasteiger partial charge in [0.1, 0.15) is 5.58 Å². The van der Waals surface area contributed by atoms with Crippen LogP contribution in [0.5, 0.6) is 0 Å². The fourth-order valence-electron chi connectivity index (χ4n) is 2.31. The van der Waals surface area contributed by atoms with E-state index in [4.69, 9.17) is 4.42 Å². The highest BCUT2D eigenvalue weighted by atomic mass is 19.4. The predicted molar refractivity (Wildman–Crippen MR) is 71.7 cm³/mol. The predicted octanol–water partition coefficient (Wildman–Crippen LogP) is 6.14. The lowest BCUT2D eigenvalue weighted by atomic mass is 9.99. The first-order valence-electron chi connectivity index (χ1n) is 6.42. The molecule has 1 nitrogen and oxygen atoms in total. The molecular formula is C16H8F6O. The summed E-state index contributed by atoms with van der Waals surface area (Å²) >= 11 is 0. The monoisotopic (exact) mass is 330 g/mol. The number of para-hydroxylation sites is 1. The number of benzene rings is 2. The van der Waals surface area contributed by atoms with Crippen LogP contribution in [-0.4, -0.2) is 0 Å². The van der Waals surface area contributed by atoms with Crippen molar-refractivity contribution in [1.29, 1.82) is 0 Å². The molecule has 3 aromatic rings. The SMILES string of the molecule is FC(F)(F)c1cc(-c2coc3ccccc23)cc(C(F)(F)F)c1. The van der Waals surface area contributed by atoms with Crippen LogP contribution in [0.4, 0.5) is 26.3 Å². The molecule has 0 spiro atoms. The van der Waals surface area contributed by atoms with E-state index in [0.29, 0.717) is 23.1 Å². The quantitative estimate of drug-likeness (QED) is 0.489. The summed E-state index contributed by atoms with van der Waals surface area (Å²) in [6.07, 6.45) is -8.61. The second-order valence-electron chi connectivity index (χ2n) is 4.94. The highest BCUT2D eigenvalue weighted by Crippen LogP contribution is 2.40. The number of hydrogen-bond donors (Lipinski definition) is 0. The van der Waals surface area contributed by atoms with Gasteiger partial charge >= 0.3 is 12.4 Å². The molecule has 2 aromatic carbocycles. The molecule has 0 aliphatic heterocycles. The summed E-state index contributed by atoms with van der Waals surface area (Å²) in [5, 5.41) is 0.444. The van der Waals surface area contributed by atoms with Gasteiger partial charge in [-0.3, -0.25) is 0 Å². The maximum atomic E-state index is 12.9. The van der Waals surface area contributed by atoms with Crippen LogP contribution in [0, 0.1) is 0 Å². The van der Waals surface area contributed by atoms with Crippen LogP contribution >= 0.6 is 0 Å². The van der Waals surface area contributed by atoms with E-state index in [1.165, 1.54) is 0 Å². The lowest BCUT2D eigenvalue weighted by Crippen LogP contribution is -2.11. The smallest absolute Gasteiger partial charge is 0.416 e. The second kappa shape index (κ2) is 5.04. The van der Waals surface area contributed by atoms with Crippen molar-refractivity contribution in [3.05, 3.63) is 59.9 Å². The molecule has 0 N–H and O–H groups in total. The Morgan fingerprint density at radius 1 is 0.739 bits per heavy atom. The Balaban J connectivity index is 2.26. The van der Waals surface area contributed by atoms with E-state index in [0.717, 1.165) is 6.26 Å². The molecule has 3 rings (SSSR count). The van der Waals surface area contributed by atoms with E-state index in [9.17, 15) is 26.3 Å². The van der Waals surface area contributed by atoms with Gasteiger partial charge < -0.3 is 4.42 Å². The Bertz CT molecular complexity index is 825. The van der Waals surface area contributed by atoms with Gasteiger partial charge in [-0.2, -0.15) is 26.3 Å². The topological polar surface area (TPSA) is 13.1 Å². The Morgan fingerprint density at radius 2 is 1.30 bits per heavy atom. The van der Waals surface area contributed by atoms with Crippen LogP contribution in [0.3, 0.4) is 0 Å². The average Bonchev–Trinajstić information content (AvgIpc) is 2.89. The Hall–Kier alpha value is -2.44. The van der Waals surface area contributed by atoms with Gasteiger partial charge in [0.2, 0.25) is 0 Å². The molecule has 0 amide bonds. The summed E-state index contributed by atoms with van der Waals surface area (Å²) in [6, 6.07) is 7.91. The third-order valence-corrected chi connectivity index (χ3v) is 3.38. The van der Waals surface area contributed by atoms with Gasteiger partial charge in [0.15, 0.2) is 0 Å². The van der Waals surface area contributed by atoms with Gasteiger partial charge in [-0.1, -0.05) is 18.2 Å². The van der Waals surface area contributed by atoms with Crippen molar-refractivity contribution in [2.75, 3.05) is 0 Å². The molecule has 0 radical (unpaired) electrons. The average molecular weight is 330 g/mol. The standard InChI is InChI=1S/C16H8F6O/c17-15(18,19)10-5-9(6-11(7-10)16(20,21)22)13-8-23-14-4-2-1-3-12(13)14/h1-8H. The summed E-state index contributed by atoms with van der Waals surface area (Å²) in [7, 11) is 0. The Morgan fingerprint density at radius 3 is 1.87 bits per heavy atom. The van der Waals surface area contributed by atoms with Crippen molar-refractivity contribution < 1.29 is 30.8 Å². The third-order valence-electron chi connectivity index (χ3n) is 3.38. The zero-order chi connectivity index (χ0) is 16.8. The molecule has 0 fully saturated rings. The normalized spacial score (nSPS) is 12.8. The summed E-state index contributed by atoms with van der Waals surface area (Å²) in [5.74, 6) is 0. The second-order valence-corrected chi connectivity index (χ2v) is 4.94. The maximum Gasteiger partial charge on any atom is 0.416 e. The molecule has 7 heteroatoms. The molecule has 0 saturated heterocycles. The van der Waals surface area contributed by atoms with E-state index >= 15 is 0 Å². The van der Waals surface area contributed by atoms with Crippen LogP contribution in [0.1, 0.15) is 11.1 Å². The van der Waals surface area contributed by atoms with Crippen molar-refractivity contribution in [2.24, 2.45) is 0 Å². The first-order chi connectivity index (χ1) is 10.7. The minimum atomic E-state index is -4.88. The van der Waals surface area contributed by atoms with Crippen LogP contribution < -0.4 is 0 Å². The Labute approximate surface area is 126 Å². The first kappa shape index (κ1) is 15.5. The highest BCUT2D eigenvalue weighted by molar-refractivity contribution is 5.94. The van der Waals surface area contributed by atoms with Gasteiger partial charge in [-0.25, -0.2) is 0 Å². The zero-order valence-corrected chi connectivity index (χ0v) is 11.3. The maximum absolute atomic E-state index is 12.9. The number of hydrogen-bond acceptors (Lipinski definition) is 1. The third kappa shape index (κ3) is 2.91. The molecule has 1 heterocycles. The fraction of sp³-hybridized carbons (Fsp3) is 0.125. The Kier molecular flexibility index (Phi) is 3.39. The number of halogens is 6. The lowest BCUT2D eigenvalue weighted by Gasteiger charge is -2.13. The molecule has 0 bridgehead atoms. The van der Waals surface area contributed by atoms with E-state index < -0.39 is 23.5 Å². The number of fused-ring (bicyclic) bond motifs is 1. The van der Waals surface area contributed by atoms with Crippen LogP contribution in [0.15, 0.2) is 53.1 Å². The van der Waals surface area contributed by atoms with Gasteiger partial charge in [0, 0.05) is 10.9 Å². The number of furan rings is 1. The van der Waals surface area contributed by atoms with Crippen LogP contribution in [0.25, 0.3) is 22.1 Å². The minimum Gasteiger partial charge on any atom is -0.464 e. The molecule has 1 aromatic heterocycles. The number of rotatable bonds is 1. The van der Waals surface area contributed by atoms with E-state index in [1.807, 2.05) is 0 Å². The molecule has 120 valence electrons. The molecule has 0 atom stereocenters. The molecule has 0 aliphatic carbocycles. The first-order valence-corrected chi connectivity index (χ1v) is 6.42. The summed E-state index contributed by atoms with van der Waals surface area (Å²) in [6.45, 7) is 0. The molecule has 0 saturated carbocycles. The van der Waals surface area contributed by atoms with Crippen molar-refractivity contribution in [1.82, 2.24) is 0 Å². The molecule has 23 heavy (non-hydrogen) atoms. The lowest BCUT2D eigenvalue weighted by molar-refractivity contribution is -0.143.